The molecule has 6 nitrogen and oxygen atoms in total. The van der Waals surface area contributed by atoms with Gasteiger partial charge in [-0.2, -0.15) is 0 Å². The quantitative estimate of drug-likeness (QED) is 0.235. The highest BCUT2D eigenvalue weighted by Gasteiger charge is 2.23. The molecule has 3 aromatic carbocycles. The average molecular weight is 532 g/mol. The van der Waals surface area contributed by atoms with E-state index in [0.717, 1.165) is 21.7 Å². The first-order valence-corrected chi connectivity index (χ1v) is 13.2. The fraction of sp³-hybridized carbons (Fsp3) is 0.233. The van der Waals surface area contributed by atoms with E-state index in [9.17, 15) is 19.1 Å². The molecule has 0 fully saturated rings. The molecular formula is C30H30FN3O3S. The van der Waals surface area contributed by atoms with Gasteiger partial charge in [0.2, 0.25) is 0 Å². The van der Waals surface area contributed by atoms with Crippen molar-refractivity contribution in [2.45, 2.75) is 39.8 Å². The maximum Gasteiger partial charge on any atom is 0.326 e. The van der Waals surface area contributed by atoms with Crippen molar-refractivity contribution in [3.05, 3.63) is 101 Å². The number of nitrogens with one attached hydrogen (secondary N) is 1. The number of thiazole rings is 1. The predicted octanol–water partition coefficient (Wildman–Crippen LogP) is 6.83. The van der Waals surface area contributed by atoms with Crippen molar-refractivity contribution in [3.63, 3.8) is 0 Å². The number of carboxylic acids is 1. The van der Waals surface area contributed by atoms with Crippen LogP contribution in [-0.2, 0) is 11.3 Å². The van der Waals surface area contributed by atoms with Gasteiger partial charge in [-0.25, -0.2) is 14.2 Å². The molecule has 0 radical (unpaired) electrons. The van der Waals surface area contributed by atoms with Crippen LogP contribution in [0.3, 0.4) is 0 Å². The number of carboxylic acid groups (broad SMARTS) is 1. The molecule has 0 aliphatic rings. The Hall–Kier alpha value is -4.04. The van der Waals surface area contributed by atoms with Crippen LogP contribution in [-0.4, -0.2) is 28.0 Å². The number of hydrogen-bond acceptors (Lipinski definition) is 5. The van der Waals surface area contributed by atoms with Crippen molar-refractivity contribution in [2.75, 3.05) is 4.90 Å². The van der Waals surface area contributed by atoms with E-state index < -0.39 is 17.9 Å². The van der Waals surface area contributed by atoms with Crippen LogP contribution in [0.2, 0.25) is 0 Å². The number of benzene rings is 3. The minimum absolute atomic E-state index is 0.125. The number of anilines is 2. The van der Waals surface area contributed by atoms with E-state index in [1.165, 1.54) is 17.4 Å². The standard InChI is InChI=1S/C30H30FN3O3S/c1-19(2)17-25(29(36)37)32-28(35)23-15-13-21(14-16-23)18-34(26-12-8-7-11-24(26)31)30-33-27(20(3)38-30)22-9-5-4-6-10-22/h4-16,19,25H,17-18H2,1-3H3,(H,32,35)(H,36,37). The van der Waals surface area contributed by atoms with E-state index in [0.29, 0.717) is 29.3 Å². The van der Waals surface area contributed by atoms with E-state index in [2.05, 4.69) is 5.32 Å². The lowest BCUT2D eigenvalue weighted by atomic mass is 10.0. The van der Waals surface area contributed by atoms with E-state index in [-0.39, 0.29) is 11.7 Å². The summed E-state index contributed by atoms with van der Waals surface area (Å²) in [5.74, 6) is -1.74. The Bertz CT molecular complexity index is 1400. The van der Waals surface area contributed by atoms with Gasteiger partial charge < -0.3 is 15.3 Å². The highest BCUT2D eigenvalue weighted by molar-refractivity contribution is 7.16. The molecule has 0 aliphatic carbocycles. The van der Waals surface area contributed by atoms with Gasteiger partial charge in [0.15, 0.2) is 5.13 Å². The lowest BCUT2D eigenvalue weighted by Crippen LogP contribution is -2.41. The molecule has 1 heterocycles. The Labute approximate surface area is 225 Å². The van der Waals surface area contributed by atoms with Gasteiger partial charge in [-0.1, -0.05) is 68.4 Å². The lowest BCUT2D eigenvalue weighted by Gasteiger charge is -2.23. The van der Waals surface area contributed by atoms with Crippen LogP contribution in [0.4, 0.5) is 15.2 Å². The van der Waals surface area contributed by atoms with E-state index in [1.807, 2.05) is 56.0 Å². The highest BCUT2D eigenvalue weighted by atomic mass is 32.1. The highest BCUT2D eigenvalue weighted by Crippen LogP contribution is 2.37. The third-order valence-electron chi connectivity index (χ3n) is 6.07. The zero-order valence-corrected chi connectivity index (χ0v) is 22.3. The summed E-state index contributed by atoms with van der Waals surface area (Å²) in [5.41, 5.74) is 3.45. The summed E-state index contributed by atoms with van der Waals surface area (Å²) in [6, 6.07) is 22.4. The van der Waals surface area contributed by atoms with Crippen molar-refractivity contribution >= 4 is 34.0 Å². The monoisotopic (exact) mass is 531 g/mol. The van der Waals surface area contributed by atoms with Gasteiger partial charge >= 0.3 is 5.97 Å². The first-order chi connectivity index (χ1) is 18.2. The number of carbonyl (C=O) groups excluding carboxylic acids is 1. The molecule has 0 saturated heterocycles. The van der Waals surface area contributed by atoms with Crippen molar-refractivity contribution < 1.29 is 19.1 Å². The van der Waals surface area contributed by atoms with Gasteiger partial charge in [0.05, 0.1) is 17.9 Å². The molecule has 0 spiro atoms. The van der Waals surface area contributed by atoms with E-state index >= 15 is 0 Å². The molecule has 2 N–H and O–H groups in total. The van der Waals surface area contributed by atoms with Crippen LogP contribution in [0.5, 0.6) is 0 Å². The fourth-order valence-corrected chi connectivity index (χ4v) is 5.11. The second kappa shape index (κ2) is 12.0. The molecule has 4 rings (SSSR count). The Morgan fingerprint density at radius 1 is 1.00 bits per heavy atom. The van der Waals surface area contributed by atoms with Crippen molar-refractivity contribution in [1.29, 1.82) is 0 Å². The van der Waals surface area contributed by atoms with E-state index in [4.69, 9.17) is 4.98 Å². The zero-order chi connectivity index (χ0) is 27.2. The Kier molecular flexibility index (Phi) is 8.53. The largest absolute Gasteiger partial charge is 0.480 e. The average Bonchev–Trinajstić information content (AvgIpc) is 3.29. The van der Waals surface area contributed by atoms with Crippen molar-refractivity contribution in [3.8, 4) is 11.3 Å². The van der Waals surface area contributed by atoms with Crippen LogP contribution in [0.1, 0.15) is 41.1 Å². The van der Waals surface area contributed by atoms with Crippen LogP contribution < -0.4 is 10.2 Å². The molecule has 1 amide bonds. The third kappa shape index (κ3) is 6.44. The first-order valence-electron chi connectivity index (χ1n) is 12.4. The second-order valence-corrected chi connectivity index (χ2v) is 10.7. The van der Waals surface area contributed by atoms with Gasteiger partial charge in [-0.3, -0.25) is 4.79 Å². The predicted molar refractivity (Wildman–Crippen MR) is 149 cm³/mol. The molecule has 1 aromatic heterocycles. The molecule has 1 atom stereocenters. The Balaban J connectivity index is 1.60. The SMILES string of the molecule is Cc1sc(N(Cc2ccc(C(=O)NC(CC(C)C)C(=O)O)cc2)c2ccccc2F)nc1-c1ccccc1. The Morgan fingerprint density at radius 3 is 2.29 bits per heavy atom. The number of aryl methyl sites for hydroxylation is 1. The molecule has 196 valence electrons. The molecule has 0 aliphatic heterocycles. The fourth-order valence-electron chi connectivity index (χ4n) is 4.17. The summed E-state index contributed by atoms with van der Waals surface area (Å²) in [6.45, 7) is 6.14. The molecule has 0 bridgehead atoms. The molecule has 1 unspecified atom stereocenters. The minimum Gasteiger partial charge on any atom is -0.480 e. The number of rotatable bonds is 10. The number of carbonyl (C=O) groups is 2. The lowest BCUT2D eigenvalue weighted by molar-refractivity contribution is -0.139. The first kappa shape index (κ1) is 27.0. The van der Waals surface area contributed by atoms with Crippen LogP contribution in [0, 0.1) is 18.7 Å². The smallest absolute Gasteiger partial charge is 0.326 e. The topological polar surface area (TPSA) is 82.5 Å². The van der Waals surface area contributed by atoms with Gasteiger partial charge in [0.25, 0.3) is 5.91 Å². The number of nitrogens with zero attached hydrogens (tertiary/aromatic N) is 2. The molecule has 8 heteroatoms. The normalized spacial score (nSPS) is 11.8. The third-order valence-corrected chi connectivity index (χ3v) is 7.07. The molecule has 0 saturated carbocycles. The van der Waals surface area contributed by atoms with Crippen LogP contribution in [0.15, 0.2) is 78.9 Å². The number of hydrogen-bond donors (Lipinski definition) is 2. The maximum atomic E-state index is 14.9. The maximum absolute atomic E-state index is 14.9. The summed E-state index contributed by atoms with van der Waals surface area (Å²) in [6.07, 6.45) is 0.342. The summed E-state index contributed by atoms with van der Waals surface area (Å²) < 4.78 is 14.9. The van der Waals surface area contributed by atoms with Gasteiger partial charge in [0.1, 0.15) is 11.9 Å². The summed E-state index contributed by atoms with van der Waals surface area (Å²) in [4.78, 5) is 32.0. The van der Waals surface area contributed by atoms with Crippen molar-refractivity contribution in [2.24, 2.45) is 5.92 Å². The Morgan fingerprint density at radius 2 is 1.66 bits per heavy atom. The number of aromatic nitrogens is 1. The molecule has 4 aromatic rings. The van der Waals surface area contributed by atoms with Gasteiger partial charge in [-0.05, 0) is 49.1 Å². The number of aliphatic carboxylic acids is 1. The van der Waals surface area contributed by atoms with Crippen LogP contribution in [0.25, 0.3) is 11.3 Å². The van der Waals surface area contributed by atoms with Crippen LogP contribution >= 0.6 is 11.3 Å². The summed E-state index contributed by atoms with van der Waals surface area (Å²) >= 11 is 1.49. The number of amides is 1. The number of para-hydroxylation sites is 1. The van der Waals surface area contributed by atoms with Gasteiger partial charge in [0, 0.05) is 16.0 Å². The van der Waals surface area contributed by atoms with E-state index in [1.54, 1.807) is 42.5 Å². The summed E-state index contributed by atoms with van der Waals surface area (Å²) in [7, 11) is 0. The molecular weight excluding hydrogens is 501 g/mol. The summed E-state index contributed by atoms with van der Waals surface area (Å²) in [5, 5.41) is 12.7. The zero-order valence-electron chi connectivity index (χ0n) is 21.5. The molecule has 38 heavy (non-hydrogen) atoms. The van der Waals surface area contributed by atoms with Crippen molar-refractivity contribution in [1.82, 2.24) is 10.3 Å². The number of halogens is 1. The minimum atomic E-state index is -1.06. The van der Waals surface area contributed by atoms with Gasteiger partial charge in [-0.15, -0.1) is 11.3 Å². The second-order valence-electron chi connectivity index (χ2n) is 9.50.